The summed E-state index contributed by atoms with van der Waals surface area (Å²) in [4.78, 5) is 23.4. The summed E-state index contributed by atoms with van der Waals surface area (Å²) in [6, 6.07) is 13.3. The molecule has 4 atom stereocenters. The second kappa shape index (κ2) is 10.6. The first-order valence-corrected chi connectivity index (χ1v) is 9.06. The van der Waals surface area contributed by atoms with Gasteiger partial charge in [0.25, 0.3) is 0 Å². The van der Waals surface area contributed by atoms with E-state index in [0.717, 1.165) is 0 Å². The minimum atomic E-state index is -2.00. The number of nitrogen functional groups attached to an aromatic ring is 2. The fourth-order valence-electron chi connectivity index (χ4n) is 2.66. The van der Waals surface area contributed by atoms with Gasteiger partial charge in [0, 0.05) is 11.4 Å². The van der Waals surface area contributed by atoms with Crippen LogP contribution in [0.25, 0.3) is 0 Å². The summed E-state index contributed by atoms with van der Waals surface area (Å²) in [5, 5.41) is 20.3. The standard InChI is InChI=1S/C20H26N4O6/c21-13-5-1-11(2-6-13)9-29-17(15(25)16(26)19(23)27)18(20(24)28)30-10-12-3-7-14(22)8-4-12/h1-8,15-18,25-26H,9-10,21-22H2,(H2,23,27)(H2,24,28)/t15-,16-,17-,18+/m0/s1. The van der Waals surface area contributed by atoms with E-state index in [-0.39, 0.29) is 13.2 Å². The highest BCUT2D eigenvalue weighted by Crippen LogP contribution is 2.18. The lowest BCUT2D eigenvalue weighted by molar-refractivity contribution is -0.173. The van der Waals surface area contributed by atoms with Crippen molar-refractivity contribution in [1.82, 2.24) is 0 Å². The monoisotopic (exact) mass is 418 g/mol. The molecule has 10 nitrogen and oxygen atoms in total. The van der Waals surface area contributed by atoms with Gasteiger partial charge in [0.05, 0.1) is 13.2 Å². The molecule has 10 N–H and O–H groups in total. The highest BCUT2D eigenvalue weighted by Gasteiger charge is 2.39. The smallest absolute Gasteiger partial charge is 0.249 e. The van der Waals surface area contributed by atoms with E-state index in [4.69, 9.17) is 32.4 Å². The number of hydrogen-bond donors (Lipinski definition) is 6. The number of aliphatic hydroxyl groups is 2. The summed E-state index contributed by atoms with van der Waals surface area (Å²) >= 11 is 0. The van der Waals surface area contributed by atoms with Gasteiger partial charge >= 0.3 is 0 Å². The highest BCUT2D eigenvalue weighted by molar-refractivity contribution is 5.81. The Morgan fingerprint density at radius 3 is 1.60 bits per heavy atom. The van der Waals surface area contributed by atoms with Crippen LogP contribution in [-0.2, 0) is 32.3 Å². The Morgan fingerprint density at radius 1 is 0.767 bits per heavy atom. The van der Waals surface area contributed by atoms with Crippen LogP contribution in [0.2, 0.25) is 0 Å². The lowest BCUT2D eigenvalue weighted by atomic mass is 10.0. The number of rotatable bonds is 11. The predicted octanol–water partition coefficient (Wildman–Crippen LogP) is -0.986. The Labute approximate surface area is 173 Å². The van der Waals surface area contributed by atoms with E-state index in [0.29, 0.717) is 22.5 Å². The van der Waals surface area contributed by atoms with Crippen LogP contribution in [0.15, 0.2) is 48.5 Å². The van der Waals surface area contributed by atoms with Crippen LogP contribution in [0.5, 0.6) is 0 Å². The fourth-order valence-corrected chi connectivity index (χ4v) is 2.66. The van der Waals surface area contributed by atoms with Gasteiger partial charge in [0.15, 0.2) is 12.2 Å². The van der Waals surface area contributed by atoms with Gasteiger partial charge < -0.3 is 42.6 Å². The molecule has 162 valence electrons. The topological polar surface area (TPSA) is 197 Å². The molecular formula is C20H26N4O6. The van der Waals surface area contributed by atoms with Crippen molar-refractivity contribution in [1.29, 1.82) is 0 Å². The zero-order valence-electron chi connectivity index (χ0n) is 16.2. The molecule has 2 aromatic carbocycles. The quantitative estimate of drug-likeness (QED) is 0.250. The Hall–Kier alpha value is -3.18. The average molecular weight is 418 g/mol. The Balaban J connectivity index is 2.20. The van der Waals surface area contributed by atoms with Crippen LogP contribution in [0.1, 0.15) is 11.1 Å². The maximum Gasteiger partial charge on any atom is 0.249 e. The number of carbonyl (C=O) groups excluding carboxylic acids is 2. The lowest BCUT2D eigenvalue weighted by Crippen LogP contribution is -2.54. The molecule has 0 unspecified atom stereocenters. The lowest BCUT2D eigenvalue weighted by Gasteiger charge is -2.30. The molecule has 0 aliphatic carbocycles. The molecule has 0 saturated carbocycles. The number of carbonyl (C=O) groups is 2. The van der Waals surface area contributed by atoms with E-state index in [1.54, 1.807) is 48.5 Å². The van der Waals surface area contributed by atoms with Crippen molar-refractivity contribution in [3.63, 3.8) is 0 Å². The van der Waals surface area contributed by atoms with Gasteiger partial charge in [-0.2, -0.15) is 0 Å². The van der Waals surface area contributed by atoms with E-state index in [2.05, 4.69) is 0 Å². The number of aliphatic hydroxyl groups excluding tert-OH is 2. The molecule has 0 bridgehead atoms. The van der Waals surface area contributed by atoms with Gasteiger partial charge in [0.2, 0.25) is 11.8 Å². The molecule has 0 aliphatic rings. The Bertz CT molecular complexity index is 843. The van der Waals surface area contributed by atoms with Gasteiger partial charge in [-0.3, -0.25) is 9.59 Å². The van der Waals surface area contributed by atoms with E-state index in [1.165, 1.54) is 0 Å². The minimum Gasteiger partial charge on any atom is -0.399 e. The van der Waals surface area contributed by atoms with Crippen molar-refractivity contribution < 1.29 is 29.3 Å². The van der Waals surface area contributed by atoms with Gasteiger partial charge in [-0.1, -0.05) is 24.3 Å². The van der Waals surface area contributed by atoms with Crippen LogP contribution in [0.3, 0.4) is 0 Å². The van der Waals surface area contributed by atoms with Crippen molar-refractivity contribution >= 4 is 23.2 Å². The molecule has 2 aromatic rings. The van der Waals surface area contributed by atoms with Crippen molar-refractivity contribution in [2.24, 2.45) is 11.5 Å². The number of amides is 2. The first-order chi connectivity index (χ1) is 14.2. The number of ether oxygens (including phenoxy) is 2. The number of anilines is 2. The second-order valence-electron chi connectivity index (χ2n) is 6.73. The SMILES string of the molecule is NC(=O)[C@@H](O)[C@H](O)[C@H](OCc1ccc(N)cc1)[C@@H](OCc1ccc(N)cc1)C(N)=O. The zero-order valence-corrected chi connectivity index (χ0v) is 16.2. The summed E-state index contributed by atoms with van der Waals surface area (Å²) in [7, 11) is 0. The maximum atomic E-state index is 12.0. The largest absolute Gasteiger partial charge is 0.399 e. The van der Waals surface area contributed by atoms with Crippen molar-refractivity contribution in [3.05, 3.63) is 59.7 Å². The summed E-state index contributed by atoms with van der Waals surface area (Å²) in [6.07, 6.45) is -6.82. The van der Waals surface area contributed by atoms with Crippen molar-refractivity contribution in [2.45, 2.75) is 37.6 Å². The molecule has 0 fully saturated rings. The summed E-state index contributed by atoms with van der Waals surface area (Å²) in [5.74, 6) is -2.14. The van der Waals surface area contributed by atoms with E-state index >= 15 is 0 Å². The highest BCUT2D eigenvalue weighted by atomic mass is 16.6. The fraction of sp³-hybridized carbons (Fsp3) is 0.300. The minimum absolute atomic E-state index is 0.0605. The van der Waals surface area contributed by atoms with E-state index < -0.39 is 36.2 Å². The Kier molecular flexibility index (Phi) is 8.13. The molecule has 30 heavy (non-hydrogen) atoms. The normalized spacial score (nSPS) is 15.1. The zero-order chi connectivity index (χ0) is 22.3. The van der Waals surface area contributed by atoms with Crippen LogP contribution in [0.4, 0.5) is 11.4 Å². The third kappa shape index (κ3) is 6.42. The van der Waals surface area contributed by atoms with Crippen LogP contribution < -0.4 is 22.9 Å². The summed E-state index contributed by atoms with van der Waals surface area (Å²) in [6.45, 7) is -0.141. The molecule has 0 radical (unpaired) electrons. The third-order valence-corrected chi connectivity index (χ3v) is 4.36. The molecule has 10 heteroatoms. The maximum absolute atomic E-state index is 12.0. The van der Waals surface area contributed by atoms with Crippen molar-refractivity contribution in [2.75, 3.05) is 11.5 Å². The molecular weight excluding hydrogens is 392 g/mol. The van der Waals surface area contributed by atoms with Gasteiger partial charge in [0.1, 0.15) is 12.2 Å². The average Bonchev–Trinajstić information content (AvgIpc) is 2.71. The molecule has 0 heterocycles. The summed E-state index contributed by atoms with van der Waals surface area (Å²) in [5.41, 5.74) is 24.2. The molecule has 0 spiro atoms. The number of primary amides is 2. The second-order valence-corrected chi connectivity index (χ2v) is 6.73. The Morgan fingerprint density at radius 2 is 1.20 bits per heavy atom. The van der Waals surface area contributed by atoms with E-state index in [1.807, 2.05) is 0 Å². The van der Waals surface area contributed by atoms with Crippen LogP contribution >= 0.6 is 0 Å². The molecule has 0 saturated heterocycles. The molecule has 0 aromatic heterocycles. The van der Waals surface area contributed by atoms with Gasteiger partial charge in [-0.25, -0.2) is 0 Å². The predicted molar refractivity (Wildman–Crippen MR) is 109 cm³/mol. The third-order valence-electron chi connectivity index (χ3n) is 4.36. The van der Waals surface area contributed by atoms with Gasteiger partial charge in [-0.05, 0) is 35.4 Å². The van der Waals surface area contributed by atoms with Crippen molar-refractivity contribution in [3.8, 4) is 0 Å². The molecule has 2 rings (SSSR count). The number of benzene rings is 2. The first-order valence-electron chi connectivity index (χ1n) is 9.06. The first kappa shape index (κ1) is 23.1. The van der Waals surface area contributed by atoms with E-state index in [9.17, 15) is 19.8 Å². The van der Waals surface area contributed by atoms with Crippen LogP contribution in [-0.4, -0.2) is 46.4 Å². The van der Waals surface area contributed by atoms with Gasteiger partial charge in [-0.15, -0.1) is 0 Å². The number of hydrogen-bond acceptors (Lipinski definition) is 8. The van der Waals surface area contributed by atoms with Crippen LogP contribution in [0, 0.1) is 0 Å². The molecule has 0 aliphatic heterocycles. The summed E-state index contributed by atoms with van der Waals surface area (Å²) < 4.78 is 11.2. The number of nitrogens with two attached hydrogens (primary N) is 4. The molecule has 2 amide bonds.